The van der Waals surface area contributed by atoms with Gasteiger partial charge in [0.25, 0.3) is 0 Å². The SMILES string of the molecule is C=CC(=O)N1CCC(c2ncco2)CC1. The van der Waals surface area contributed by atoms with E-state index >= 15 is 0 Å². The number of likely N-dealkylation sites (tertiary alicyclic amines) is 1. The molecule has 0 saturated carbocycles. The van der Waals surface area contributed by atoms with E-state index in [-0.39, 0.29) is 5.91 Å². The van der Waals surface area contributed by atoms with Crippen molar-refractivity contribution in [3.8, 4) is 0 Å². The topological polar surface area (TPSA) is 46.3 Å². The van der Waals surface area contributed by atoms with Crippen LogP contribution < -0.4 is 0 Å². The third kappa shape index (κ3) is 2.09. The molecule has 1 aliphatic rings. The number of carbonyl (C=O) groups is 1. The normalized spacial score (nSPS) is 17.7. The molecule has 0 unspecified atom stereocenters. The molecule has 80 valence electrons. The number of amides is 1. The highest BCUT2D eigenvalue weighted by Gasteiger charge is 2.24. The van der Waals surface area contributed by atoms with Gasteiger partial charge in [-0.3, -0.25) is 4.79 Å². The van der Waals surface area contributed by atoms with Crippen LogP contribution in [0.4, 0.5) is 0 Å². The molecule has 2 heterocycles. The second-order valence-electron chi connectivity index (χ2n) is 3.67. The molecule has 1 aliphatic heterocycles. The van der Waals surface area contributed by atoms with Crippen molar-refractivity contribution in [3.63, 3.8) is 0 Å². The second kappa shape index (κ2) is 4.29. The standard InChI is InChI=1S/C11H14N2O2/c1-2-10(14)13-6-3-9(4-7-13)11-12-5-8-15-11/h2,5,8-9H,1,3-4,6-7H2. The third-order valence-corrected chi connectivity index (χ3v) is 2.78. The van der Waals surface area contributed by atoms with Gasteiger partial charge in [0, 0.05) is 19.0 Å². The molecule has 0 bridgehead atoms. The first kappa shape index (κ1) is 9.96. The van der Waals surface area contributed by atoms with Gasteiger partial charge in [0.15, 0.2) is 5.89 Å². The largest absolute Gasteiger partial charge is 0.449 e. The molecule has 2 rings (SSSR count). The monoisotopic (exact) mass is 206 g/mol. The van der Waals surface area contributed by atoms with E-state index < -0.39 is 0 Å². The minimum absolute atomic E-state index is 0.0147. The lowest BCUT2D eigenvalue weighted by Gasteiger charge is -2.29. The first-order valence-electron chi connectivity index (χ1n) is 5.12. The minimum atomic E-state index is 0.0147. The van der Waals surface area contributed by atoms with Crippen LogP contribution in [0.25, 0.3) is 0 Å². The van der Waals surface area contributed by atoms with E-state index in [0.717, 1.165) is 31.8 Å². The van der Waals surface area contributed by atoms with Crippen LogP contribution in [0.1, 0.15) is 24.7 Å². The first-order valence-corrected chi connectivity index (χ1v) is 5.12. The summed E-state index contributed by atoms with van der Waals surface area (Å²) >= 11 is 0. The van der Waals surface area contributed by atoms with Crippen LogP contribution in [-0.2, 0) is 4.79 Å². The summed E-state index contributed by atoms with van der Waals surface area (Å²) in [4.78, 5) is 17.3. The fraction of sp³-hybridized carbons (Fsp3) is 0.455. The fourth-order valence-electron chi connectivity index (χ4n) is 1.91. The zero-order chi connectivity index (χ0) is 10.7. The summed E-state index contributed by atoms with van der Waals surface area (Å²) in [5, 5.41) is 0. The van der Waals surface area contributed by atoms with Gasteiger partial charge in [-0.1, -0.05) is 6.58 Å². The van der Waals surface area contributed by atoms with Crippen molar-refractivity contribution in [1.29, 1.82) is 0 Å². The molecular weight excluding hydrogens is 192 g/mol. The highest BCUT2D eigenvalue weighted by molar-refractivity contribution is 5.87. The molecule has 15 heavy (non-hydrogen) atoms. The van der Waals surface area contributed by atoms with Gasteiger partial charge in [-0.15, -0.1) is 0 Å². The molecule has 0 aliphatic carbocycles. The van der Waals surface area contributed by atoms with Gasteiger partial charge >= 0.3 is 0 Å². The Labute approximate surface area is 88.6 Å². The zero-order valence-electron chi connectivity index (χ0n) is 8.56. The Morgan fingerprint density at radius 3 is 2.87 bits per heavy atom. The average molecular weight is 206 g/mol. The Kier molecular flexibility index (Phi) is 2.85. The maximum absolute atomic E-state index is 11.3. The van der Waals surface area contributed by atoms with Crippen LogP contribution in [0.15, 0.2) is 29.5 Å². The Morgan fingerprint density at radius 2 is 2.33 bits per heavy atom. The molecule has 0 N–H and O–H groups in total. The maximum atomic E-state index is 11.3. The molecule has 0 spiro atoms. The smallest absolute Gasteiger partial charge is 0.245 e. The molecule has 1 amide bonds. The van der Waals surface area contributed by atoms with Crippen molar-refractivity contribution >= 4 is 5.91 Å². The van der Waals surface area contributed by atoms with Crippen molar-refractivity contribution in [2.75, 3.05) is 13.1 Å². The lowest BCUT2D eigenvalue weighted by Crippen LogP contribution is -2.36. The van der Waals surface area contributed by atoms with Crippen molar-refractivity contribution in [2.45, 2.75) is 18.8 Å². The summed E-state index contributed by atoms with van der Waals surface area (Å²) in [5.41, 5.74) is 0. The molecule has 4 heteroatoms. The van der Waals surface area contributed by atoms with Crippen LogP contribution in [0.2, 0.25) is 0 Å². The molecular formula is C11H14N2O2. The molecule has 1 saturated heterocycles. The van der Waals surface area contributed by atoms with E-state index in [1.165, 1.54) is 6.08 Å². The summed E-state index contributed by atoms with van der Waals surface area (Å²) in [7, 11) is 0. The molecule has 0 radical (unpaired) electrons. The lowest BCUT2D eigenvalue weighted by molar-refractivity contribution is -0.127. The molecule has 0 atom stereocenters. The Hall–Kier alpha value is -1.58. The van der Waals surface area contributed by atoms with E-state index in [1.807, 2.05) is 4.90 Å². The van der Waals surface area contributed by atoms with Crippen LogP contribution >= 0.6 is 0 Å². The highest BCUT2D eigenvalue weighted by Crippen LogP contribution is 2.26. The Morgan fingerprint density at radius 1 is 1.60 bits per heavy atom. The molecule has 1 aromatic rings. The van der Waals surface area contributed by atoms with Crippen molar-refractivity contribution in [3.05, 3.63) is 31.0 Å². The van der Waals surface area contributed by atoms with E-state index in [4.69, 9.17) is 4.42 Å². The predicted octanol–water partition coefficient (Wildman–Crippen LogP) is 1.57. The number of piperidine rings is 1. The minimum Gasteiger partial charge on any atom is -0.449 e. The van der Waals surface area contributed by atoms with Gasteiger partial charge in [-0.25, -0.2) is 4.98 Å². The molecule has 0 aromatic carbocycles. The number of hydrogen-bond donors (Lipinski definition) is 0. The summed E-state index contributed by atoms with van der Waals surface area (Å²) in [6.45, 7) is 5.01. The van der Waals surface area contributed by atoms with Crippen LogP contribution in [0.5, 0.6) is 0 Å². The number of oxazole rings is 1. The van der Waals surface area contributed by atoms with E-state index in [1.54, 1.807) is 12.5 Å². The lowest BCUT2D eigenvalue weighted by atomic mass is 9.97. The summed E-state index contributed by atoms with van der Waals surface area (Å²) in [5.74, 6) is 1.16. The maximum Gasteiger partial charge on any atom is 0.245 e. The van der Waals surface area contributed by atoms with Crippen LogP contribution in [0, 0.1) is 0 Å². The van der Waals surface area contributed by atoms with Gasteiger partial charge in [-0.05, 0) is 18.9 Å². The van der Waals surface area contributed by atoms with E-state index in [9.17, 15) is 4.79 Å². The van der Waals surface area contributed by atoms with Gasteiger partial charge in [0.05, 0.1) is 6.20 Å². The van der Waals surface area contributed by atoms with Gasteiger partial charge in [0.1, 0.15) is 6.26 Å². The molecule has 1 fully saturated rings. The third-order valence-electron chi connectivity index (χ3n) is 2.78. The number of hydrogen-bond acceptors (Lipinski definition) is 3. The Bertz CT molecular complexity index is 337. The van der Waals surface area contributed by atoms with E-state index in [2.05, 4.69) is 11.6 Å². The van der Waals surface area contributed by atoms with E-state index in [0.29, 0.717) is 5.92 Å². The van der Waals surface area contributed by atoms with Gasteiger partial charge < -0.3 is 9.32 Å². The second-order valence-corrected chi connectivity index (χ2v) is 3.67. The fourth-order valence-corrected chi connectivity index (χ4v) is 1.91. The number of nitrogens with zero attached hydrogens (tertiary/aromatic N) is 2. The Balaban J connectivity index is 1.92. The summed E-state index contributed by atoms with van der Waals surface area (Å²) in [6.07, 6.45) is 6.46. The predicted molar refractivity (Wildman–Crippen MR) is 55.3 cm³/mol. The average Bonchev–Trinajstić information content (AvgIpc) is 2.82. The quantitative estimate of drug-likeness (QED) is 0.690. The summed E-state index contributed by atoms with van der Waals surface area (Å²) in [6, 6.07) is 0. The zero-order valence-corrected chi connectivity index (χ0v) is 8.56. The van der Waals surface area contributed by atoms with Crippen molar-refractivity contribution in [2.24, 2.45) is 0 Å². The van der Waals surface area contributed by atoms with Crippen molar-refractivity contribution < 1.29 is 9.21 Å². The highest BCUT2D eigenvalue weighted by atomic mass is 16.3. The molecule has 4 nitrogen and oxygen atoms in total. The van der Waals surface area contributed by atoms with Gasteiger partial charge in [-0.2, -0.15) is 0 Å². The van der Waals surface area contributed by atoms with Crippen LogP contribution in [0.3, 0.4) is 0 Å². The number of rotatable bonds is 2. The first-order chi connectivity index (χ1) is 7.31. The number of aromatic nitrogens is 1. The van der Waals surface area contributed by atoms with Gasteiger partial charge in [0.2, 0.25) is 5.91 Å². The van der Waals surface area contributed by atoms with Crippen molar-refractivity contribution in [1.82, 2.24) is 9.88 Å². The molecule has 1 aromatic heterocycles. The van der Waals surface area contributed by atoms with Crippen LogP contribution in [-0.4, -0.2) is 28.9 Å². The number of carbonyl (C=O) groups excluding carboxylic acids is 1. The summed E-state index contributed by atoms with van der Waals surface area (Å²) < 4.78 is 5.26.